The first-order valence-corrected chi connectivity index (χ1v) is 10.6. The average molecular weight is 443 g/mol. The van der Waals surface area contributed by atoms with Gasteiger partial charge in [0, 0.05) is 36.4 Å². The van der Waals surface area contributed by atoms with Crippen molar-refractivity contribution in [2.24, 2.45) is 0 Å². The molecule has 0 saturated carbocycles. The van der Waals surface area contributed by atoms with Crippen molar-refractivity contribution in [1.82, 2.24) is 25.3 Å². The summed E-state index contributed by atoms with van der Waals surface area (Å²) in [6.07, 6.45) is 3.16. The number of nitrogens with one attached hydrogen (secondary N) is 3. The van der Waals surface area contributed by atoms with Gasteiger partial charge in [0.2, 0.25) is 0 Å². The zero-order valence-corrected chi connectivity index (χ0v) is 17.6. The number of hydroxylamine groups is 2. The highest BCUT2D eigenvalue weighted by atomic mass is 16.7. The SMILES string of the molecule is O=C(NC(Cc1c[nH]c2ccccc12)c1ncc(-c2ccccc2)[nH]1)ON1C(=O)CCC1=O. The number of benzene rings is 2. The highest BCUT2D eigenvalue weighted by Crippen LogP contribution is 2.25. The number of para-hydroxylation sites is 1. The summed E-state index contributed by atoms with van der Waals surface area (Å²) in [5, 5.41) is 4.30. The molecule has 0 aliphatic carbocycles. The molecule has 33 heavy (non-hydrogen) atoms. The maximum Gasteiger partial charge on any atom is 0.432 e. The number of rotatable bonds is 6. The highest BCUT2D eigenvalue weighted by Gasteiger charge is 2.33. The molecule has 1 unspecified atom stereocenters. The average Bonchev–Trinajstić information content (AvgIpc) is 3.55. The number of nitrogens with zero attached hydrogens (tertiary/aromatic N) is 2. The zero-order valence-electron chi connectivity index (χ0n) is 17.6. The summed E-state index contributed by atoms with van der Waals surface area (Å²) in [6.45, 7) is 0. The summed E-state index contributed by atoms with van der Waals surface area (Å²) in [5.74, 6) is -0.546. The quantitative estimate of drug-likeness (QED) is 0.393. The zero-order chi connectivity index (χ0) is 22.8. The molecule has 1 aliphatic heterocycles. The Kier molecular flexibility index (Phi) is 5.35. The van der Waals surface area contributed by atoms with Crippen LogP contribution in [0, 0.1) is 0 Å². The summed E-state index contributed by atoms with van der Waals surface area (Å²) in [5.41, 5.74) is 3.71. The second-order valence-corrected chi connectivity index (χ2v) is 7.77. The van der Waals surface area contributed by atoms with Gasteiger partial charge in [0.1, 0.15) is 5.82 Å². The molecule has 0 spiro atoms. The Morgan fingerprint density at radius 1 is 1.06 bits per heavy atom. The molecule has 1 aliphatic rings. The predicted octanol–water partition coefficient (Wildman–Crippen LogP) is 3.63. The number of imide groups is 1. The molecule has 1 atom stereocenters. The van der Waals surface area contributed by atoms with E-state index >= 15 is 0 Å². The lowest BCUT2D eigenvalue weighted by Crippen LogP contribution is -2.39. The van der Waals surface area contributed by atoms with Gasteiger partial charge in [-0.05, 0) is 17.2 Å². The first-order chi connectivity index (χ1) is 16.1. The van der Waals surface area contributed by atoms with Crippen LogP contribution >= 0.6 is 0 Å². The van der Waals surface area contributed by atoms with Gasteiger partial charge < -0.3 is 20.1 Å². The van der Waals surface area contributed by atoms with E-state index in [0.29, 0.717) is 17.3 Å². The Balaban J connectivity index is 1.42. The Morgan fingerprint density at radius 3 is 2.58 bits per heavy atom. The maximum absolute atomic E-state index is 12.6. The molecule has 9 heteroatoms. The van der Waals surface area contributed by atoms with Gasteiger partial charge in [-0.15, -0.1) is 5.06 Å². The molecule has 3 N–H and O–H groups in total. The smallest absolute Gasteiger partial charge is 0.361 e. The van der Waals surface area contributed by atoms with E-state index in [0.717, 1.165) is 27.7 Å². The molecule has 3 heterocycles. The fourth-order valence-electron chi connectivity index (χ4n) is 3.92. The second kappa shape index (κ2) is 8.62. The third kappa shape index (κ3) is 4.20. The lowest BCUT2D eigenvalue weighted by atomic mass is 10.0. The van der Waals surface area contributed by atoms with Crippen molar-refractivity contribution in [3.05, 3.63) is 78.4 Å². The van der Waals surface area contributed by atoms with Crippen molar-refractivity contribution in [3.8, 4) is 11.3 Å². The van der Waals surface area contributed by atoms with E-state index in [2.05, 4.69) is 20.3 Å². The predicted molar refractivity (Wildman–Crippen MR) is 119 cm³/mol. The molecule has 4 aromatic rings. The molecule has 1 fully saturated rings. The van der Waals surface area contributed by atoms with Gasteiger partial charge in [-0.2, -0.15) is 0 Å². The Labute approximate surface area is 188 Å². The van der Waals surface area contributed by atoms with Crippen molar-refractivity contribution in [2.45, 2.75) is 25.3 Å². The molecule has 0 radical (unpaired) electrons. The number of fused-ring (bicyclic) bond motifs is 1. The third-order valence-corrected chi connectivity index (χ3v) is 5.58. The summed E-state index contributed by atoms with van der Waals surface area (Å²) in [6, 6.07) is 17.0. The monoisotopic (exact) mass is 443 g/mol. The number of carbonyl (C=O) groups excluding carboxylic acids is 3. The van der Waals surface area contributed by atoms with Crippen LogP contribution < -0.4 is 5.32 Å². The van der Waals surface area contributed by atoms with Crippen molar-refractivity contribution in [1.29, 1.82) is 0 Å². The molecule has 2 aromatic carbocycles. The van der Waals surface area contributed by atoms with E-state index in [-0.39, 0.29) is 12.8 Å². The first kappa shape index (κ1) is 20.5. The van der Waals surface area contributed by atoms with E-state index in [1.807, 2.05) is 60.8 Å². The van der Waals surface area contributed by atoms with Crippen molar-refractivity contribution in [3.63, 3.8) is 0 Å². The standard InChI is InChI=1S/C24H21N5O4/c30-21-10-11-22(31)29(21)33-24(32)28-19(12-16-13-25-18-9-5-4-8-17(16)18)23-26-14-20(27-23)15-6-2-1-3-7-15/h1-9,13-14,19,25H,10-12H2,(H,26,27)(H,28,32). The van der Waals surface area contributed by atoms with Gasteiger partial charge >= 0.3 is 6.09 Å². The normalized spacial score (nSPS) is 14.6. The second-order valence-electron chi connectivity index (χ2n) is 7.77. The number of carbonyl (C=O) groups is 3. The topological polar surface area (TPSA) is 120 Å². The minimum Gasteiger partial charge on any atom is -0.361 e. The van der Waals surface area contributed by atoms with E-state index in [9.17, 15) is 14.4 Å². The fraction of sp³-hybridized carbons (Fsp3) is 0.167. The molecular weight excluding hydrogens is 422 g/mol. The van der Waals surface area contributed by atoms with Gasteiger partial charge in [-0.1, -0.05) is 48.5 Å². The summed E-state index contributed by atoms with van der Waals surface area (Å²) < 4.78 is 0. The number of imidazole rings is 1. The lowest BCUT2D eigenvalue weighted by Gasteiger charge is -2.19. The summed E-state index contributed by atoms with van der Waals surface area (Å²) >= 11 is 0. The number of H-pyrrole nitrogens is 2. The van der Waals surface area contributed by atoms with Crippen LogP contribution in [0.3, 0.4) is 0 Å². The van der Waals surface area contributed by atoms with E-state index in [1.54, 1.807) is 6.20 Å². The Hall–Kier alpha value is -4.40. The summed E-state index contributed by atoms with van der Waals surface area (Å²) in [4.78, 5) is 52.2. The molecular formula is C24H21N5O4. The van der Waals surface area contributed by atoms with Crippen molar-refractivity contribution < 1.29 is 19.2 Å². The molecule has 1 saturated heterocycles. The van der Waals surface area contributed by atoms with E-state index < -0.39 is 23.9 Å². The third-order valence-electron chi connectivity index (χ3n) is 5.58. The van der Waals surface area contributed by atoms with Gasteiger partial charge in [-0.25, -0.2) is 9.78 Å². The fourth-order valence-corrected chi connectivity index (χ4v) is 3.92. The highest BCUT2D eigenvalue weighted by molar-refractivity contribution is 6.01. The van der Waals surface area contributed by atoms with Crippen LogP contribution in [0.25, 0.3) is 22.2 Å². The molecule has 5 rings (SSSR count). The van der Waals surface area contributed by atoms with Crippen molar-refractivity contribution >= 4 is 28.8 Å². The molecule has 166 valence electrons. The van der Waals surface area contributed by atoms with Crippen LogP contribution in [0.1, 0.15) is 30.3 Å². The van der Waals surface area contributed by atoms with Gasteiger partial charge in [0.15, 0.2) is 0 Å². The number of aromatic nitrogens is 3. The number of hydrogen-bond acceptors (Lipinski definition) is 5. The van der Waals surface area contributed by atoms with Gasteiger partial charge in [0.05, 0.1) is 17.9 Å². The Morgan fingerprint density at radius 2 is 1.79 bits per heavy atom. The lowest BCUT2D eigenvalue weighted by molar-refractivity contribution is -0.171. The maximum atomic E-state index is 12.6. The van der Waals surface area contributed by atoms with Crippen LogP contribution in [0.2, 0.25) is 0 Å². The minimum absolute atomic E-state index is 0.0313. The minimum atomic E-state index is -0.902. The summed E-state index contributed by atoms with van der Waals surface area (Å²) in [7, 11) is 0. The molecule has 9 nitrogen and oxygen atoms in total. The Bertz CT molecular complexity index is 1310. The van der Waals surface area contributed by atoms with Crippen molar-refractivity contribution in [2.75, 3.05) is 0 Å². The number of amides is 3. The largest absolute Gasteiger partial charge is 0.432 e. The van der Waals surface area contributed by atoms with E-state index in [1.165, 1.54) is 0 Å². The number of hydrogen-bond donors (Lipinski definition) is 3. The van der Waals surface area contributed by atoms with Crippen LogP contribution in [0.4, 0.5) is 4.79 Å². The van der Waals surface area contributed by atoms with Crippen LogP contribution in [0.5, 0.6) is 0 Å². The van der Waals surface area contributed by atoms with Crippen LogP contribution in [0.15, 0.2) is 67.0 Å². The number of aromatic amines is 2. The molecule has 0 bridgehead atoms. The van der Waals surface area contributed by atoms with E-state index in [4.69, 9.17) is 4.84 Å². The molecule has 2 aromatic heterocycles. The van der Waals surface area contributed by atoms with Gasteiger partial charge in [-0.3, -0.25) is 9.59 Å². The van der Waals surface area contributed by atoms with Gasteiger partial charge in [0.25, 0.3) is 11.8 Å². The van der Waals surface area contributed by atoms with Crippen LogP contribution in [-0.4, -0.2) is 37.9 Å². The van der Waals surface area contributed by atoms with Crippen LogP contribution in [-0.2, 0) is 20.8 Å². The molecule has 3 amide bonds. The first-order valence-electron chi connectivity index (χ1n) is 10.6.